The molecule has 0 saturated heterocycles. The summed E-state index contributed by atoms with van der Waals surface area (Å²) in [6.45, 7) is 1.04. The van der Waals surface area contributed by atoms with Crippen molar-refractivity contribution in [1.82, 2.24) is 4.98 Å². The van der Waals surface area contributed by atoms with Crippen LogP contribution in [-0.2, 0) is 0 Å². The number of alkyl halides is 2. The monoisotopic (exact) mass is 220 g/mol. The summed E-state index contributed by atoms with van der Waals surface area (Å²) >= 11 is 5.76. The number of anilines is 1. The van der Waals surface area contributed by atoms with Crippen LogP contribution in [0.1, 0.15) is 13.3 Å². The molecule has 0 unspecified atom stereocenters. The van der Waals surface area contributed by atoms with E-state index in [1.807, 2.05) is 0 Å². The molecule has 5 heteroatoms. The molecule has 1 aromatic heterocycles. The van der Waals surface area contributed by atoms with Gasteiger partial charge in [-0.15, -0.1) is 0 Å². The zero-order chi connectivity index (χ0) is 10.6. The van der Waals surface area contributed by atoms with Gasteiger partial charge in [0.05, 0.1) is 5.02 Å². The van der Waals surface area contributed by atoms with Crippen LogP contribution in [0, 0.1) is 0 Å². The molecule has 0 spiro atoms. The van der Waals surface area contributed by atoms with Gasteiger partial charge in [0.15, 0.2) is 0 Å². The summed E-state index contributed by atoms with van der Waals surface area (Å²) in [6, 6.07) is 3.34. The minimum atomic E-state index is -2.66. The molecule has 2 nitrogen and oxygen atoms in total. The first kappa shape index (κ1) is 11.2. The van der Waals surface area contributed by atoms with Crippen LogP contribution in [0.4, 0.5) is 14.6 Å². The van der Waals surface area contributed by atoms with Crippen molar-refractivity contribution < 1.29 is 8.78 Å². The molecular weight excluding hydrogens is 210 g/mol. The van der Waals surface area contributed by atoms with Gasteiger partial charge in [-0.2, -0.15) is 0 Å². The van der Waals surface area contributed by atoms with E-state index in [2.05, 4.69) is 10.3 Å². The topological polar surface area (TPSA) is 24.9 Å². The number of rotatable bonds is 4. The third-order valence-corrected chi connectivity index (χ3v) is 1.92. The maximum Gasteiger partial charge on any atom is 0.247 e. The van der Waals surface area contributed by atoms with E-state index in [1.54, 1.807) is 18.3 Å². The van der Waals surface area contributed by atoms with Crippen molar-refractivity contribution in [3.8, 4) is 0 Å². The van der Waals surface area contributed by atoms with E-state index >= 15 is 0 Å². The molecule has 1 N–H and O–H groups in total. The number of nitrogens with zero attached hydrogens (tertiary/aromatic N) is 1. The molecule has 1 aromatic rings. The molecule has 0 amide bonds. The van der Waals surface area contributed by atoms with E-state index in [9.17, 15) is 8.78 Å². The van der Waals surface area contributed by atoms with Crippen LogP contribution in [0.25, 0.3) is 0 Å². The van der Waals surface area contributed by atoms with Crippen molar-refractivity contribution in [2.75, 3.05) is 11.9 Å². The Morgan fingerprint density at radius 2 is 2.29 bits per heavy atom. The summed E-state index contributed by atoms with van der Waals surface area (Å²) in [4.78, 5) is 3.91. The second-order valence-electron chi connectivity index (χ2n) is 3.08. The van der Waals surface area contributed by atoms with Crippen LogP contribution < -0.4 is 5.32 Å². The molecule has 0 aromatic carbocycles. The first-order valence-electron chi connectivity index (χ1n) is 4.21. The molecule has 0 radical (unpaired) electrons. The standard InChI is InChI=1S/C9H11ClF2N2/c1-9(11,12)4-6-14-8-7(10)3-2-5-13-8/h2-3,5H,4,6H2,1H3,(H,13,14). The van der Waals surface area contributed by atoms with Gasteiger partial charge in [0.25, 0.3) is 0 Å². The molecule has 14 heavy (non-hydrogen) atoms. The minimum Gasteiger partial charge on any atom is -0.369 e. The Hall–Kier alpha value is -0.900. The van der Waals surface area contributed by atoms with Crippen molar-refractivity contribution in [3.63, 3.8) is 0 Å². The van der Waals surface area contributed by atoms with Crippen molar-refractivity contribution in [2.24, 2.45) is 0 Å². The molecule has 0 atom stereocenters. The number of aromatic nitrogens is 1. The van der Waals surface area contributed by atoms with Crippen LogP contribution in [0.5, 0.6) is 0 Å². The van der Waals surface area contributed by atoms with Gasteiger partial charge in [-0.3, -0.25) is 0 Å². The van der Waals surface area contributed by atoms with Gasteiger partial charge in [-0.25, -0.2) is 13.8 Å². The predicted octanol–water partition coefficient (Wildman–Crippen LogP) is 3.19. The fourth-order valence-electron chi connectivity index (χ4n) is 0.916. The number of hydrogen-bond donors (Lipinski definition) is 1. The van der Waals surface area contributed by atoms with Gasteiger partial charge in [0.2, 0.25) is 5.92 Å². The van der Waals surface area contributed by atoms with E-state index in [1.165, 1.54) is 0 Å². The summed E-state index contributed by atoms with van der Waals surface area (Å²) in [7, 11) is 0. The number of hydrogen-bond acceptors (Lipinski definition) is 2. The lowest BCUT2D eigenvalue weighted by Gasteiger charge is -2.11. The van der Waals surface area contributed by atoms with Crippen molar-refractivity contribution >= 4 is 17.4 Å². The number of halogens is 3. The first-order chi connectivity index (χ1) is 6.49. The van der Waals surface area contributed by atoms with E-state index in [-0.39, 0.29) is 13.0 Å². The lowest BCUT2D eigenvalue weighted by Crippen LogP contribution is -2.16. The normalized spacial score (nSPS) is 11.4. The van der Waals surface area contributed by atoms with E-state index in [0.717, 1.165) is 6.92 Å². The molecule has 1 rings (SSSR count). The van der Waals surface area contributed by atoms with Gasteiger partial charge >= 0.3 is 0 Å². The lowest BCUT2D eigenvalue weighted by atomic mass is 10.3. The molecule has 0 aliphatic rings. The lowest BCUT2D eigenvalue weighted by molar-refractivity contribution is 0.0167. The molecule has 0 aliphatic heterocycles. The molecule has 0 aliphatic carbocycles. The van der Waals surface area contributed by atoms with Crippen LogP contribution in [0.15, 0.2) is 18.3 Å². The average molecular weight is 221 g/mol. The highest BCUT2D eigenvalue weighted by Crippen LogP contribution is 2.20. The summed E-state index contributed by atoms with van der Waals surface area (Å²) in [6.07, 6.45) is 1.32. The van der Waals surface area contributed by atoms with Gasteiger partial charge in [0, 0.05) is 19.2 Å². The van der Waals surface area contributed by atoms with Crippen molar-refractivity contribution in [1.29, 1.82) is 0 Å². The Bertz CT molecular complexity index is 299. The minimum absolute atomic E-state index is 0.153. The maximum atomic E-state index is 12.4. The molecule has 78 valence electrons. The third kappa shape index (κ3) is 3.87. The second kappa shape index (κ2) is 4.55. The highest BCUT2D eigenvalue weighted by atomic mass is 35.5. The van der Waals surface area contributed by atoms with Crippen LogP contribution in [0.3, 0.4) is 0 Å². The number of nitrogens with one attached hydrogen (secondary N) is 1. The summed E-state index contributed by atoms with van der Waals surface area (Å²) < 4.78 is 24.9. The van der Waals surface area contributed by atoms with Crippen LogP contribution in [0.2, 0.25) is 5.02 Å². The molecule has 1 heterocycles. The molecular formula is C9H11ClF2N2. The molecule has 0 bridgehead atoms. The SMILES string of the molecule is CC(F)(F)CCNc1ncccc1Cl. The maximum absolute atomic E-state index is 12.4. The van der Waals surface area contributed by atoms with Crippen LogP contribution >= 0.6 is 11.6 Å². The third-order valence-electron chi connectivity index (χ3n) is 1.61. The first-order valence-corrected chi connectivity index (χ1v) is 4.59. The van der Waals surface area contributed by atoms with Gasteiger partial charge in [0.1, 0.15) is 5.82 Å². The average Bonchev–Trinajstić information content (AvgIpc) is 2.06. The Labute approximate surface area is 86.3 Å². The Balaban J connectivity index is 2.43. The fraction of sp³-hybridized carbons (Fsp3) is 0.444. The zero-order valence-electron chi connectivity index (χ0n) is 7.73. The van der Waals surface area contributed by atoms with Crippen LogP contribution in [-0.4, -0.2) is 17.5 Å². The quantitative estimate of drug-likeness (QED) is 0.843. The van der Waals surface area contributed by atoms with E-state index < -0.39 is 5.92 Å². The highest BCUT2D eigenvalue weighted by Gasteiger charge is 2.20. The molecule has 0 saturated carbocycles. The Morgan fingerprint density at radius 1 is 1.57 bits per heavy atom. The highest BCUT2D eigenvalue weighted by molar-refractivity contribution is 6.32. The predicted molar refractivity (Wildman–Crippen MR) is 53.0 cm³/mol. The molecule has 0 fully saturated rings. The Morgan fingerprint density at radius 3 is 2.86 bits per heavy atom. The number of pyridine rings is 1. The summed E-state index contributed by atoms with van der Waals surface area (Å²) in [5.74, 6) is -2.22. The van der Waals surface area contributed by atoms with E-state index in [0.29, 0.717) is 10.8 Å². The van der Waals surface area contributed by atoms with Gasteiger partial charge in [-0.1, -0.05) is 11.6 Å². The smallest absolute Gasteiger partial charge is 0.247 e. The van der Waals surface area contributed by atoms with Crippen molar-refractivity contribution in [3.05, 3.63) is 23.4 Å². The summed E-state index contributed by atoms with van der Waals surface area (Å²) in [5.41, 5.74) is 0. The van der Waals surface area contributed by atoms with Gasteiger partial charge in [-0.05, 0) is 19.1 Å². The second-order valence-corrected chi connectivity index (χ2v) is 3.49. The zero-order valence-corrected chi connectivity index (χ0v) is 8.48. The van der Waals surface area contributed by atoms with Crippen molar-refractivity contribution in [2.45, 2.75) is 19.3 Å². The van der Waals surface area contributed by atoms with Gasteiger partial charge < -0.3 is 5.32 Å². The largest absolute Gasteiger partial charge is 0.369 e. The van der Waals surface area contributed by atoms with E-state index in [4.69, 9.17) is 11.6 Å². The summed E-state index contributed by atoms with van der Waals surface area (Å²) in [5, 5.41) is 3.18. The fourth-order valence-corrected chi connectivity index (χ4v) is 1.10. The Kier molecular flexibility index (Phi) is 3.63.